The molecule has 1 aliphatic heterocycles. The standard InChI is InChI=1S/C18H24FN3O3/c1-25-16-7-6-13(19)12-15(16)17(23)21-8-10-22(11-9-21)18(24)20-14-4-2-3-5-14/h6-7,12,14H,2-5,8-11H2,1H3,(H,20,24). The summed E-state index contributed by atoms with van der Waals surface area (Å²) >= 11 is 0. The van der Waals surface area contributed by atoms with Crippen molar-refractivity contribution in [3.63, 3.8) is 0 Å². The summed E-state index contributed by atoms with van der Waals surface area (Å²) in [7, 11) is 1.45. The van der Waals surface area contributed by atoms with Gasteiger partial charge in [-0.1, -0.05) is 12.8 Å². The van der Waals surface area contributed by atoms with E-state index < -0.39 is 5.82 Å². The molecule has 0 spiro atoms. The number of rotatable bonds is 3. The van der Waals surface area contributed by atoms with Gasteiger partial charge in [0.25, 0.3) is 5.91 Å². The Kier molecular flexibility index (Phi) is 5.40. The number of hydrogen-bond donors (Lipinski definition) is 1. The number of amides is 3. The maximum Gasteiger partial charge on any atom is 0.317 e. The Labute approximate surface area is 146 Å². The minimum absolute atomic E-state index is 0.0534. The molecule has 3 rings (SSSR count). The summed E-state index contributed by atoms with van der Waals surface area (Å²) in [4.78, 5) is 28.3. The lowest BCUT2D eigenvalue weighted by atomic mass is 10.1. The lowest BCUT2D eigenvalue weighted by molar-refractivity contribution is 0.0659. The topological polar surface area (TPSA) is 61.9 Å². The molecule has 6 nitrogen and oxygen atoms in total. The summed E-state index contributed by atoms with van der Waals surface area (Å²) in [6.07, 6.45) is 4.43. The molecule has 1 saturated heterocycles. The van der Waals surface area contributed by atoms with Gasteiger partial charge in [0.05, 0.1) is 12.7 Å². The van der Waals surface area contributed by atoms with Crippen molar-refractivity contribution in [3.8, 4) is 5.75 Å². The van der Waals surface area contributed by atoms with Gasteiger partial charge in [-0.2, -0.15) is 0 Å². The lowest BCUT2D eigenvalue weighted by Crippen LogP contribution is -2.54. The third-order valence-corrected chi connectivity index (χ3v) is 4.93. The van der Waals surface area contributed by atoms with Crippen molar-refractivity contribution in [2.75, 3.05) is 33.3 Å². The van der Waals surface area contributed by atoms with Gasteiger partial charge in [0.2, 0.25) is 0 Å². The largest absolute Gasteiger partial charge is 0.496 e. The molecule has 0 atom stereocenters. The number of carbonyl (C=O) groups excluding carboxylic acids is 2. The van der Waals surface area contributed by atoms with Crippen LogP contribution in [-0.2, 0) is 0 Å². The van der Waals surface area contributed by atoms with Gasteiger partial charge in [0.1, 0.15) is 11.6 Å². The molecule has 1 aromatic carbocycles. The van der Waals surface area contributed by atoms with E-state index in [0.717, 1.165) is 12.8 Å². The van der Waals surface area contributed by atoms with Gasteiger partial charge in [0, 0.05) is 32.2 Å². The average molecular weight is 349 g/mol. The van der Waals surface area contributed by atoms with Crippen LogP contribution in [0.4, 0.5) is 9.18 Å². The maximum atomic E-state index is 13.5. The molecule has 2 fully saturated rings. The van der Waals surface area contributed by atoms with Gasteiger partial charge in [-0.25, -0.2) is 9.18 Å². The number of hydrogen-bond acceptors (Lipinski definition) is 3. The van der Waals surface area contributed by atoms with Crippen LogP contribution in [0.2, 0.25) is 0 Å². The third kappa shape index (κ3) is 4.03. The van der Waals surface area contributed by atoms with Crippen molar-refractivity contribution in [3.05, 3.63) is 29.6 Å². The summed E-state index contributed by atoms with van der Waals surface area (Å²) in [5.41, 5.74) is 0.214. The molecule has 1 aliphatic carbocycles. The second-order valence-corrected chi connectivity index (χ2v) is 6.55. The number of urea groups is 1. The summed E-state index contributed by atoms with van der Waals surface area (Å²) < 4.78 is 18.6. The molecule has 1 heterocycles. The second-order valence-electron chi connectivity index (χ2n) is 6.55. The van der Waals surface area contributed by atoms with Crippen molar-refractivity contribution in [2.45, 2.75) is 31.7 Å². The van der Waals surface area contributed by atoms with Gasteiger partial charge in [-0.05, 0) is 31.0 Å². The van der Waals surface area contributed by atoms with E-state index in [9.17, 15) is 14.0 Å². The van der Waals surface area contributed by atoms with Gasteiger partial charge in [0.15, 0.2) is 0 Å². The van der Waals surface area contributed by atoms with Gasteiger partial charge >= 0.3 is 6.03 Å². The van der Waals surface area contributed by atoms with Crippen LogP contribution >= 0.6 is 0 Å². The van der Waals surface area contributed by atoms with Crippen LogP contribution in [0.5, 0.6) is 5.75 Å². The first-order chi connectivity index (χ1) is 12.1. The Balaban J connectivity index is 1.57. The number of carbonyl (C=O) groups is 2. The van der Waals surface area contributed by atoms with Crippen LogP contribution in [0, 0.1) is 5.82 Å². The lowest BCUT2D eigenvalue weighted by Gasteiger charge is -2.35. The van der Waals surface area contributed by atoms with Crippen LogP contribution in [0.1, 0.15) is 36.0 Å². The fraction of sp³-hybridized carbons (Fsp3) is 0.556. The molecule has 1 aromatic rings. The van der Waals surface area contributed by atoms with Crippen molar-refractivity contribution in [1.29, 1.82) is 0 Å². The van der Waals surface area contributed by atoms with Crippen LogP contribution in [0.15, 0.2) is 18.2 Å². The molecular formula is C18H24FN3O3. The molecule has 2 aliphatic rings. The Morgan fingerprint density at radius 1 is 1.12 bits per heavy atom. The molecule has 25 heavy (non-hydrogen) atoms. The molecule has 136 valence electrons. The van der Waals surface area contributed by atoms with E-state index in [1.54, 1.807) is 9.80 Å². The molecule has 1 saturated carbocycles. The van der Waals surface area contributed by atoms with E-state index in [1.807, 2.05) is 0 Å². The Bertz CT molecular complexity index is 638. The molecule has 0 aromatic heterocycles. The van der Waals surface area contributed by atoms with Gasteiger partial charge < -0.3 is 19.9 Å². The smallest absolute Gasteiger partial charge is 0.317 e. The second kappa shape index (κ2) is 7.72. The molecule has 0 bridgehead atoms. The number of methoxy groups -OCH3 is 1. The molecule has 1 N–H and O–H groups in total. The predicted molar refractivity (Wildman–Crippen MR) is 91.2 cm³/mol. The van der Waals surface area contributed by atoms with Crippen LogP contribution in [0.25, 0.3) is 0 Å². The molecular weight excluding hydrogens is 325 g/mol. The third-order valence-electron chi connectivity index (χ3n) is 4.93. The van der Waals surface area contributed by atoms with E-state index >= 15 is 0 Å². The monoisotopic (exact) mass is 349 g/mol. The number of piperazine rings is 1. The van der Waals surface area contributed by atoms with Crippen molar-refractivity contribution < 1.29 is 18.7 Å². The fourth-order valence-corrected chi connectivity index (χ4v) is 3.47. The van der Waals surface area contributed by atoms with Crippen molar-refractivity contribution in [2.24, 2.45) is 0 Å². The van der Waals surface area contributed by atoms with E-state index in [0.29, 0.717) is 31.9 Å². The summed E-state index contributed by atoms with van der Waals surface area (Å²) in [5, 5.41) is 3.06. The highest BCUT2D eigenvalue weighted by Crippen LogP contribution is 2.22. The van der Waals surface area contributed by atoms with E-state index in [1.165, 1.54) is 38.2 Å². The minimum Gasteiger partial charge on any atom is -0.496 e. The summed E-state index contributed by atoms with van der Waals surface area (Å²) in [5.74, 6) is -0.390. The van der Waals surface area contributed by atoms with Crippen molar-refractivity contribution >= 4 is 11.9 Å². The minimum atomic E-state index is -0.473. The Morgan fingerprint density at radius 2 is 1.76 bits per heavy atom. The fourth-order valence-electron chi connectivity index (χ4n) is 3.47. The van der Waals surface area contributed by atoms with E-state index in [-0.39, 0.29) is 23.5 Å². The SMILES string of the molecule is COc1ccc(F)cc1C(=O)N1CCN(C(=O)NC2CCCC2)CC1. The Morgan fingerprint density at radius 3 is 2.40 bits per heavy atom. The molecule has 7 heteroatoms. The van der Waals surface area contributed by atoms with Crippen molar-refractivity contribution in [1.82, 2.24) is 15.1 Å². The molecule has 0 unspecified atom stereocenters. The normalized spacial score (nSPS) is 18.3. The highest BCUT2D eigenvalue weighted by Gasteiger charge is 2.28. The highest BCUT2D eigenvalue weighted by atomic mass is 19.1. The summed E-state index contributed by atoms with van der Waals surface area (Å²) in [6.45, 7) is 1.80. The van der Waals surface area contributed by atoms with Gasteiger partial charge in [-0.3, -0.25) is 4.79 Å². The first-order valence-corrected chi connectivity index (χ1v) is 8.76. The Hall–Kier alpha value is -2.31. The first-order valence-electron chi connectivity index (χ1n) is 8.76. The maximum absolute atomic E-state index is 13.5. The van der Waals surface area contributed by atoms with E-state index in [2.05, 4.69) is 5.32 Å². The number of benzene rings is 1. The first kappa shape index (κ1) is 17.5. The highest BCUT2D eigenvalue weighted by molar-refractivity contribution is 5.97. The number of halogens is 1. The quantitative estimate of drug-likeness (QED) is 0.910. The van der Waals surface area contributed by atoms with Crippen LogP contribution < -0.4 is 10.1 Å². The zero-order valence-electron chi connectivity index (χ0n) is 14.5. The average Bonchev–Trinajstić information content (AvgIpc) is 3.14. The van der Waals surface area contributed by atoms with Crippen LogP contribution in [0.3, 0.4) is 0 Å². The molecule has 0 radical (unpaired) electrons. The van der Waals surface area contributed by atoms with Crippen LogP contribution in [-0.4, -0.2) is 61.1 Å². The zero-order valence-corrected chi connectivity index (χ0v) is 14.5. The number of ether oxygens (including phenoxy) is 1. The predicted octanol–water partition coefficient (Wildman–Crippen LogP) is 2.24. The number of nitrogens with one attached hydrogen (secondary N) is 1. The van der Waals surface area contributed by atoms with Gasteiger partial charge in [-0.15, -0.1) is 0 Å². The van der Waals surface area contributed by atoms with E-state index in [4.69, 9.17) is 4.74 Å². The number of nitrogens with zero attached hydrogens (tertiary/aromatic N) is 2. The molecule has 3 amide bonds. The zero-order chi connectivity index (χ0) is 17.8. The summed E-state index contributed by atoms with van der Waals surface area (Å²) in [6, 6.07) is 4.14.